The molecule has 1 amide bonds. The lowest BCUT2D eigenvalue weighted by atomic mass is 9.95. The fourth-order valence-electron chi connectivity index (χ4n) is 3.97. The number of Topliss-reactive ketones (excluding diaryl/α,β-unsaturated/α-hetero) is 1. The molecule has 3 aromatic carbocycles. The van der Waals surface area contributed by atoms with E-state index in [1.165, 1.54) is 42.5 Å². The molecule has 2 N–H and O–H groups in total. The van der Waals surface area contributed by atoms with Crippen LogP contribution in [0, 0.1) is 21.7 Å². The molecule has 0 spiro atoms. The van der Waals surface area contributed by atoms with E-state index in [1.54, 1.807) is 0 Å². The number of aromatic hydroxyl groups is 1. The van der Waals surface area contributed by atoms with Crippen molar-refractivity contribution in [1.29, 1.82) is 0 Å². The van der Waals surface area contributed by atoms with Crippen molar-refractivity contribution in [3.63, 3.8) is 0 Å². The maximum Gasteiger partial charge on any atom is 0.301 e. The van der Waals surface area contributed by atoms with Crippen molar-refractivity contribution in [3.8, 4) is 5.75 Å². The summed E-state index contributed by atoms with van der Waals surface area (Å²) in [5.41, 5.74) is -0.745. The topological polar surface area (TPSA) is 134 Å². The fourth-order valence-corrected chi connectivity index (χ4v) is 5.00. The van der Waals surface area contributed by atoms with Gasteiger partial charge in [-0.2, -0.15) is 0 Å². The number of nitrogens with zero attached hydrogens (tertiary/aromatic N) is 3. The zero-order valence-corrected chi connectivity index (χ0v) is 18.7. The van der Waals surface area contributed by atoms with Gasteiger partial charge in [0.25, 0.3) is 11.5 Å². The standard InChI is InChI=1S/C24H13F2N3O6S/c25-13-9-16(26)19-17(10-13)36-24(27-19)28-20(11-4-6-15(30)7-5-11)18(22(32)23(28)33)21(31)12-2-1-3-14(8-12)29(34)35/h1-10,20,30-31H/b21-18+. The molecular weight excluding hydrogens is 496 g/mol. The summed E-state index contributed by atoms with van der Waals surface area (Å²) in [5, 5.41) is 31.8. The van der Waals surface area contributed by atoms with Crippen LogP contribution in [0.3, 0.4) is 0 Å². The normalized spacial score (nSPS) is 17.2. The van der Waals surface area contributed by atoms with Crippen molar-refractivity contribution in [3.05, 3.63) is 99.1 Å². The highest BCUT2D eigenvalue weighted by molar-refractivity contribution is 7.22. The van der Waals surface area contributed by atoms with E-state index in [-0.39, 0.29) is 37.9 Å². The number of benzene rings is 3. The molecule has 0 aliphatic carbocycles. The molecule has 36 heavy (non-hydrogen) atoms. The van der Waals surface area contributed by atoms with Crippen molar-refractivity contribution in [2.75, 3.05) is 4.90 Å². The zero-order chi connectivity index (χ0) is 25.7. The van der Waals surface area contributed by atoms with Gasteiger partial charge >= 0.3 is 5.91 Å². The minimum Gasteiger partial charge on any atom is -0.508 e. The summed E-state index contributed by atoms with van der Waals surface area (Å²) in [6.07, 6.45) is 0. The Morgan fingerprint density at radius 1 is 1.08 bits per heavy atom. The van der Waals surface area contributed by atoms with E-state index in [0.29, 0.717) is 6.07 Å². The Kier molecular flexibility index (Phi) is 5.44. The summed E-state index contributed by atoms with van der Waals surface area (Å²) in [5.74, 6) is -4.79. The molecule has 0 saturated carbocycles. The second-order valence-corrected chi connectivity index (χ2v) is 8.81. The number of phenols is 1. The van der Waals surface area contributed by atoms with Gasteiger partial charge in [-0.15, -0.1) is 0 Å². The van der Waals surface area contributed by atoms with E-state index in [2.05, 4.69) is 4.98 Å². The number of hydrogen-bond acceptors (Lipinski definition) is 8. The average molecular weight is 509 g/mol. The molecule has 1 unspecified atom stereocenters. The van der Waals surface area contributed by atoms with Crippen molar-refractivity contribution in [2.45, 2.75) is 6.04 Å². The number of rotatable bonds is 4. The number of aliphatic hydroxyl groups is 1. The first-order valence-electron chi connectivity index (χ1n) is 10.3. The number of thiazole rings is 1. The number of phenolic OH excluding ortho intramolecular Hbond substituents is 1. The molecule has 12 heteroatoms. The molecular formula is C24H13F2N3O6S. The fraction of sp³-hybridized carbons (Fsp3) is 0.0417. The van der Waals surface area contributed by atoms with E-state index >= 15 is 0 Å². The number of aliphatic hydroxyl groups excluding tert-OH is 1. The van der Waals surface area contributed by atoms with E-state index < -0.39 is 45.6 Å². The van der Waals surface area contributed by atoms with Gasteiger partial charge in [-0.05, 0) is 23.8 Å². The number of nitro groups is 1. The van der Waals surface area contributed by atoms with E-state index in [9.17, 15) is 38.7 Å². The minimum atomic E-state index is -1.28. The van der Waals surface area contributed by atoms with Crippen molar-refractivity contribution in [2.24, 2.45) is 0 Å². The third-order valence-electron chi connectivity index (χ3n) is 5.59. The molecule has 1 aliphatic heterocycles. The Balaban J connectivity index is 1.74. The number of nitro benzene ring substituents is 1. The van der Waals surface area contributed by atoms with E-state index in [1.807, 2.05) is 0 Å². The SMILES string of the molecule is O=C1C(=O)N(c2nc3c(F)cc(F)cc3s2)C(c2ccc(O)cc2)/C1=C(\O)c1cccc([N+](=O)[O-])c1. The molecule has 1 atom stereocenters. The lowest BCUT2D eigenvalue weighted by molar-refractivity contribution is -0.384. The summed E-state index contributed by atoms with van der Waals surface area (Å²) in [6, 6.07) is 10.7. The molecule has 9 nitrogen and oxygen atoms in total. The monoisotopic (exact) mass is 509 g/mol. The second kappa shape index (κ2) is 8.50. The number of aromatic nitrogens is 1. The van der Waals surface area contributed by atoms with Crippen molar-refractivity contribution < 1.29 is 33.5 Å². The molecule has 1 fully saturated rings. The van der Waals surface area contributed by atoms with Gasteiger partial charge in [0.1, 0.15) is 22.8 Å². The second-order valence-electron chi connectivity index (χ2n) is 7.80. The molecule has 1 saturated heterocycles. The predicted octanol–water partition coefficient (Wildman–Crippen LogP) is 4.81. The molecule has 0 bridgehead atoms. The van der Waals surface area contributed by atoms with Gasteiger partial charge < -0.3 is 10.2 Å². The number of hydrogen-bond donors (Lipinski definition) is 2. The predicted molar refractivity (Wildman–Crippen MR) is 126 cm³/mol. The number of ketones is 1. The summed E-state index contributed by atoms with van der Waals surface area (Å²) in [6.45, 7) is 0. The quantitative estimate of drug-likeness (QED) is 0.133. The maximum absolute atomic E-state index is 14.3. The van der Waals surface area contributed by atoms with Crippen LogP contribution in [0.25, 0.3) is 16.0 Å². The molecule has 5 rings (SSSR count). The third kappa shape index (κ3) is 3.73. The lowest BCUT2D eigenvalue weighted by Gasteiger charge is -2.23. The van der Waals surface area contributed by atoms with Crippen LogP contribution >= 0.6 is 11.3 Å². The average Bonchev–Trinajstić information content (AvgIpc) is 3.38. The number of carbonyl (C=O) groups is 2. The Morgan fingerprint density at radius 3 is 2.50 bits per heavy atom. The Labute approximate surface area is 204 Å². The highest BCUT2D eigenvalue weighted by Crippen LogP contribution is 2.45. The number of carbonyl (C=O) groups excluding carboxylic acids is 2. The number of amides is 1. The van der Waals surface area contributed by atoms with Gasteiger partial charge in [0.05, 0.1) is 21.2 Å². The van der Waals surface area contributed by atoms with Crippen LogP contribution < -0.4 is 4.90 Å². The van der Waals surface area contributed by atoms with E-state index in [0.717, 1.165) is 28.4 Å². The van der Waals surface area contributed by atoms with Crippen molar-refractivity contribution in [1.82, 2.24) is 4.98 Å². The summed E-state index contributed by atoms with van der Waals surface area (Å²) >= 11 is 0.765. The first-order chi connectivity index (χ1) is 17.2. The summed E-state index contributed by atoms with van der Waals surface area (Å²) in [4.78, 5) is 41.9. The molecule has 4 aromatic rings. The molecule has 2 heterocycles. The number of halogens is 2. The largest absolute Gasteiger partial charge is 0.508 e. The van der Waals surface area contributed by atoms with Crippen LogP contribution in [0.2, 0.25) is 0 Å². The molecule has 0 radical (unpaired) electrons. The van der Waals surface area contributed by atoms with Crippen LogP contribution in [-0.4, -0.2) is 31.8 Å². The Hall–Kier alpha value is -4.71. The number of fused-ring (bicyclic) bond motifs is 1. The third-order valence-corrected chi connectivity index (χ3v) is 6.59. The highest BCUT2D eigenvalue weighted by Gasteiger charge is 2.48. The Bertz CT molecular complexity index is 1620. The van der Waals surface area contributed by atoms with Crippen LogP contribution in [0.1, 0.15) is 17.2 Å². The van der Waals surface area contributed by atoms with Gasteiger partial charge in [-0.1, -0.05) is 35.6 Å². The Morgan fingerprint density at radius 2 is 1.81 bits per heavy atom. The van der Waals surface area contributed by atoms with Gasteiger partial charge in [-0.3, -0.25) is 24.6 Å². The van der Waals surface area contributed by atoms with Crippen LogP contribution in [-0.2, 0) is 9.59 Å². The van der Waals surface area contributed by atoms with Gasteiger partial charge in [0.15, 0.2) is 10.9 Å². The van der Waals surface area contributed by atoms with Gasteiger partial charge in [0.2, 0.25) is 0 Å². The number of anilines is 1. The van der Waals surface area contributed by atoms with E-state index in [4.69, 9.17) is 0 Å². The first kappa shape index (κ1) is 23.1. The van der Waals surface area contributed by atoms with Crippen LogP contribution in [0.4, 0.5) is 19.6 Å². The summed E-state index contributed by atoms with van der Waals surface area (Å²) in [7, 11) is 0. The molecule has 1 aromatic heterocycles. The van der Waals surface area contributed by atoms with Crippen molar-refractivity contribution >= 4 is 49.8 Å². The molecule has 1 aliphatic rings. The molecule has 180 valence electrons. The van der Waals surface area contributed by atoms with Gasteiger partial charge in [-0.25, -0.2) is 13.8 Å². The van der Waals surface area contributed by atoms with Crippen LogP contribution in [0.5, 0.6) is 5.75 Å². The first-order valence-corrected chi connectivity index (χ1v) is 11.1. The van der Waals surface area contributed by atoms with Crippen LogP contribution in [0.15, 0.2) is 66.2 Å². The minimum absolute atomic E-state index is 0.0802. The smallest absolute Gasteiger partial charge is 0.301 e. The highest BCUT2D eigenvalue weighted by atomic mass is 32.1. The lowest BCUT2D eigenvalue weighted by Crippen LogP contribution is -2.29. The summed E-state index contributed by atoms with van der Waals surface area (Å²) < 4.78 is 28.1. The zero-order valence-electron chi connectivity index (χ0n) is 17.9. The number of non-ortho nitro benzene ring substituents is 1. The van der Waals surface area contributed by atoms with Gasteiger partial charge in [0, 0.05) is 23.8 Å². The maximum atomic E-state index is 14.3.